The van der Waals surface area contributed by atoms with Crippen molar-refractivity contribution in [2.24, 2.45) is 0 Å². The van der Waals surface area contributed by atoms with Crippen LogP contribution >= 0.6 is 0 Å². The number of hydrogen-bond donors (Lipinski definition) is 1. The summed E-state index contributed by atoms with van der Waals surface area (Å²) in [5.41, 5.74) is 2.47. The van der Waals surface area contributed by atoms with Gasteiger partial charge in [-0.05, 0) is 30.7 Å². The molecule has 1 aromatic carbocycles. The SMILES string of the molecule is CCNC(CC)c1ccc(N(CCC#N)CCOC)cc1. The van der Waals surface area contributed by atoms with Gasteiger partial charge >= 0.3 is 0 Å². The van der Waals surface area contributed by atoms with Gasteiger partial charge in [0.15, 0.2) is 0 Å². The molecule has 0 aliphatic carbocycles. The first-order chi connectivity index (χ1) is 10.3. The van der Waals surface area contributed by atoms with Gasteiger partial charge in [-0.3, -0.25) is 0 Å². The van der Waals surface area contributed by atoms with E-state index in [0.717, 1.165) is 31.7 Å². The first-order valence-corrected chi connectivity index (χ1v) is 7.70. The van der Waals surface area contributed by atoms with Crippen molar-refractivity contribution in [3.05, 3.63) is 29.8 Å². The molecule has 0 aliphatic heterocycles. The quantitative estimate of drug-likeness (QED) is 0.719. The Hall–Kier alpha value is -1.57. The van der Waals surface area contributed by atoms with E-state index in [1.165, 1.54) is 5.56 Å². The molecule has 0 fully saturated rings. The minimum atomic E-state index is 0.413. The monoisotopic (exact) mass is 289 g/mol. The molecule has 21 heavy (non-hydrogen) atoms. The Labute approximate surface area is 128 Å². The fraction of sp³-hybridized carbons (Fsp3) is 0.588. The maximum absolute atomic E-state index is 8.78. The third kappa shape index (κ3) is 5.74. The highest BCUT2D eigenvalue weighted by molar-refractivity contribution is 5.48. The maximum Gasteiger partial charge on any atom is 0.0640 e. The standard InChI is InChI=1S/C17H27N3O/c1-4-17(19-5-2)15-7-9-16(10-8-15)20(12-6-11-18)13-14-21-3/h7-10,17,19H,4-6,12-14H2,1-3H3. The lowest BCUT2D eigenvalue weighted by Gasteiger charge is -2.24. The van der Waals surface area contributed by atoms with Crippen molar-refractivity contribution in [1.29, 1.82) is 5.26 Å². The predicted octanol–water partition coefficient (Wildman–Crippen LogP) is 3.11. The molecule has 0 saturated carbocycles. The van der Waals surface area contributed by atoms with E-state index >= 15 is 0 Å². The number of nitrogens with zero attached hydrogens (tertiary/aromatic N) is 2. The Morgan fingerprint density at radius 3 is 2.48 bits per heavy atom. The molecule has 0 aromatic heterocycles. The van der Waals surface area contributed by atoms with Crippen LogP contribution in [0.2, 0.25) is 0 Å². The number of hydrogen-bond acceptors (Lipinski definition) is 4. The van der Waals surface area contributed by atoms with Gasteiger partial charge in [-0.15, -0.1) is 0 Å². The van der Waals surface area contributed by atoms with E-state index in [1.54, 1.807) is 7.11 Å². The van der Waals surface area contributed by atoms with E-state index in [2.05, 4.69) is 54.4 Å². The Bertz CT molecular complexity index is 425. The Balaban J connectivity index is 2.78. The third-order valence-corrected chi connectivity index (χ3v) is 3.58. The lowest BCUT2D eigenvalue weighted by molar-refractivity contribution is 0.205. The molecule has 0 saturated heterocycles. The number of benzene rings is 1. The van der Waals surface area contributed by atoms with Crippen LogP contribution < -0.4 is 10.2 Å². The van der Waals surface area contributed by atoms with Crippen molar-refractivity contribution in [1.82, 2.24) is 5.32 Å². The van der Waals surface area contributed by atoms with Crippen molar-refractivity contribution < 1.29 is 4.74 Å². The highest BCUT2D eigenvalue weighted by Gasteiger charge is 2.10. The minimum absolute atomic E-state index is 0.413. The molecule has 0 amide bonds. The molecule has 0 spiro atoms. The van der Waals surface area contributed by atoms with Crippen LogP contribution in [0.25, 0.3) is 0 Å². The minimum Gasteiger partial charge on any atom is -0.383 e. The predicted molar refractivity (Wildman–Crippen MR) is 87.5 cm³/mol. The topological polar surface area (TPSA) is 48.3 Å². The van der Waals surface area contributed by atoms with Gasteiger partial charge in [0, 0.05) is 31.9 Å². The molecule has 0 heterocycles. The van der Waals surface area contributed by atoms with Crippen LogP contribution in [0.5, 0.6) is 0 Å². The third-order valence-electron chi connectivity index (χ3n) is 3.58. The van der Waals surface area contributed by atoms with Crippen LogP contribution in [-0.4, -0.2) is 33.4 Å². The van der Waals surface area contributed by atoms with E-state index < -0.39 is 0 Å². The van der Waals surface area contributed by atoms with Crippen molar-refractivity contribution in [3.63, 3.8) is 0 Å². The smallest absolute Gasteiger partial charge is 0.0640 e. The zero-order valence-electron chi connectivity index (χ0n) is 13.4. The van der Waals surface area contributed by atoms with Crippen molar-refractivity contribution >= 4 is 5.69 Å². The summed E-state index contributed by atoms with van der Waals surface area (Å²) in [7, 11) is 1.70. The Kier molecular flexibility index (Phi) is 8.49. The largest absolute Gasteiger partial charge is 0.383 e. The Morgan fingerprint density at radius 1 is 1.24 bits per heavy atom. The van der Waals surface area contributed by atoms with E-state index in [0.29, 0.717) is 19.1 Å². The summed E-state index contributed by atoms with van der Waals surface area (Å²) in [6.07, 6.45) is 1.61. The highest BCUT2D eigenvalue weighted by atomic mass is 16.5. The highest BCUT2D eigenvalue weighted by Crippen LogP contribution is 2.21. The Morgan fingerprint density at radius 2 is 1.95 bits per heavy atom. The maximum atomic E-state index is 8.78. The first kappa shape index (κ1) is 17.5. The zero-order valence-corrected chi connectivity index (χ0v) is 13.4. The second-order valence-corrected chi connectivity index (χ2v) is 5.00. The fourth-order valence-electron chi connectivity index (χ4n) is 2.42. The number of anilines is 1. The van der Waals surface area contributed by atoms with Crippen molar-refractivity contribution in [2.75, 3.05) is 38.3 Å². The molecule has 4 nitrogen and oxygen atoms in total. The molecule has 1 aromatic rings. The van der Waals surface area contributed by atoms with E-state index in [-0.39, 0.29) is 0 Å². The number of ether oxygens (including phenoxy) is 1. The lowest BCUT2D eigenvalue weighted by Crippen LogP contribution is -2.28. The van der Waals surface area contributed by atoms with E-state index in [9.17, 15) is 0 Å². The first-order valence-electron chi connectivity index (χ1n) is 7.70. The number of nitrogens with one attached hydrogen (secondary N) is 1. The molecule has 0 aliphatic rings. The summed E-state index contributed by atoms with van der Waals surface area (Å²) in [6, 6.07) is 11.3. The van der Waals surface area contributed by atoms with E-state index in [4.69, 9.17) is 10.00 Å². The summed E-state index contributed by atoms with van der Waals surface area (Å²) < 4.78 is 5.15. The van der Waals surface area contributed by atoms with Crippen LogP contribution in [0.1, 0.15) is 38.3 Å². The molecule has 0 bridgehead atoms. The average molecular weight is 289 g/mol. The summed E-state index contributed by atoms with van der Waals surface area (Å²) in [6.45, 7) is 7.51. The van der Waals surface area contributed by atoms with Crippen LogP contribution in [0.3, 0.4) is 0 Å². The summed E-state index contributed by atoms with van der Waals surface area (Å²) in [4.78, 5) is 2.20. The summed E-state index contributed by atoms with van der Waals surface area (Å²) in [5.74, 6) is 0. The van der Waals surface area contributed by atoms with Gasteiger partial charge < -0.3 is 15.0 Å². The fourth-order valence-corrected chi connectivity index (χ4v) is 2.42. The van der Waals surface area contributed by atoms with Gasteiger partial charge in [-0.25, -0.2) is 0 Å². The van der Waals surface area contributed by atoms with Crippen LogP contribution in [-0.2, 0) is 4.74 Å². The molecule has 4 heteroatoms. The van der Waals surface area contributed by atoms with Gasteiger partial charge in [-0.2, -0.15) is 5.26 Å². The molecule has 1 rings (SSSR count). The van der Waals surface area contributed by atoms with Gasteiger partial charge in [0.1, 0.15) is 0 Å². The number of nitriles is 1. The van der Waals surface area contributed by atoms with Gasteiger partial charge in [0.25, 0.3) is 0 Å². The van der Waals surface area contributed by atoms with Crippen LogP contribution in [0.15, 0.2) is 24.3 Å². The number of rotatable bonds is 10. The summed E-state index contributed by atoms with van der Waals surface area (Å²) in [5, 5.41) is 12.3. The molecule has 1 atom stereocenters. The van der Waals surface area contributed by atoms with Gasteiger partial charge in [-0.1, -0.05) is 26.0 Å². The lowest BCUT2D eigenvalue weighted by atomic mass is 10.0. The zero-order chi connectivity index (χ0) is 15.5. The molecule has 0 radical (unpaired) electrons. The number of methoxy groups -OCH3 is 1. The molecule has 1 N–H and O–H groups in total. The second kappa shape index (κ2) is 10.2. The van der Waals surface area contributed by atoms with E-state index in [1.807, 2.05) is 0 Å². The van der Waals surface area contributed by atoms with Gasteiger partial charge in [0.05, 0.1) is 19.1 Å². The van der Waals surface area contributed by atoms with Crippen LogP contribution in [0, 0.1) is 11.3 Å². The second-order valence-electron chi connectivity index (χ2n) is 5.00. The molecule has 1 unspecified atom stereocenters. The van der Waals surface area contributed by atoms with Crippen LogP contribution in [0.4, 0.5) is 5.69 Å². The average Bonchev–Trinajstić information content (AvgIpc) is 2.53. The molecule has 116 valence electrons. The molecular weight excluding hydrogens is 262 g/mol. The molecular formula is C17H27N3O. The van der Waals surface area contributed by atoms with Crippen molar-refractivity contribution in [2.45, 2.75) is 32.7 Å². The summed E-state index contributed by atoms with van der Waals surface area (Å²) >= 11 is 0. The normalized spacial score (nSPS) is 11.9. The van der Waals surface area contributed by atoms with Gasteiger partial charge in [0.2, 0.25) is 0 Å². The van der Waals surface area contributed by atoms with Crippen molar-refractivity contribution in [3.8, 4) is 6.07 Å².